The Morgan fingerprint density at radius 1 is 0.974 bits per heavy atom. The molecular weight excluding hydrogens is 510 g/mol. The Morgan fingerprint density at radius 3 is 2.29 bits per heavy atom. The van der Waals surface area contributed by atoms with E-state index < -0.39 is 15.9 Å². The molecule has 0 aliphatic carbocycles. The number of carbonyl (C=O) groups excluding carboxylic acids is 2. The van der Waals surface area contributed by atoms with Crippen LogP contribution in [0.15, 0.2) is 49.1 Å². The van der Waals surface area contributed by atoms with Crippen molar-refractivity contribution < 1.29 is 22.7 Å². The van der Waals surface area contributed by atoms with Crippen molar-refractivity contribution in [1.82, 2.24) is 29.8 Å². The van der Waals surface area contributed by atoms with Crippen molar-refractivity contribution in [3.05, 3.63) is 71.4 Å². The standard InChI is InChI=1S/C25H25N7O5S/c1-3-37-21-13-19(15-27-17-21)5-4-18-12-20(16-26-14-18)25(34)32-10-8-31(9-11-32)23-7-6-22(28-29-23)24(33)30-38(2,35)36/h6-7,12-17H,3,8-11H2,1-2H3,(H,30,33). The van der Waals surface area contributed by atoms with Gasteiger partial charge in [0, 0.05) is 55.9 Å². The normalized spacial score (nSPS) is 13.3. The minimum absolute atomic E-state index is 0.110. The average Bonchev–Trinajstić information content (AvgIpc) is 2.91. The zero-order valence-corrected chi connectivity index (χ0v) is 21.6. The predicted molar refractivity (Wildman–Crippen MR) is 138 cm³/mol. The molecule has 0 spiro atoms. The van der Waals surface area contributed by atoms with Crippen molar-refractivity contribution in [2.24, 2.45) is 0 Å². The number of nitrogens with one attached hydrogen (secondary N) is 1. The summed E-state index contributed by atoms with van der Waals surface area (Å²) in [6.07, 6.45) is 7.26. The Labute approximate surface area is 220 Å². The lowest BCUT2D eigenvalue weighted by Crippen LogP contribution is -2.49. The van der Waals surface area contributed by atoms with E-state index in [-0.39, 0.29) is 11.6 Å². The quantitative estimate of drug-likeness (QED) is 0.448. The van der Waals surface area contributed by atoms with Crippen LogP contribution in [0.4, 0.5) is 5.82 Å². The number of pyridine rings is 2. The molecule has 0 aromatic carbocycles. The topological polar surface area (TPSA) is 148 Å². The maximum Gasteiger partial charge on any atom is 0.285 e. The highest BCUT2D eigenvalue weighted by Gasteiger charge is 2.24. The zero-order valence-electron chi connectivity index (χ0n) is 20.8. The Bertz CT molecular complexity index is 1490. The van der Waals surface area contributed by atoms with Gasteiger partial charge in [0.2, 0.25) is 10.0 Å². The second kappa shape index (κ2) is 11.7. The van der Waals surface area contributed by atoms with Gasteiger partial charge in [-0.1, -0.05) is 11.8 Å². The molecule has 2 amide bonds. The number of hydrogen-bond acceptors (Lipinski definition) is 10. The fourth-order valence-electron chi connectivity index (χ4n) is 3.66. The first kappa shape index (κ1) is 26.5. The lowest BCUT2D eigenvalue weighted by Gasteiger charge is -2.35. The number of nitrogens with zero attached hydrogens (tertiary/aromatic N) is 6. The summed E-state index contributed by atoms with van der Waals surface area (Å²) < 4.78 is 29.7. The van der Waals surface area contributed by atoms with Crippen molar-refractivity contribution in [3.63, 3.8) is 0 Å². The summed E-state index contributed by atoms with van der Waals surface area (Å²) in [7, 11) is -3.70. The van der Waals surface area contributed by atoms with Crippen molar-refractivity contribution in [2.45, 2.75) is 6.92 Å². The molecule has 3 aromatic heterocycles. The number of rotatable bonds is 6. The Kier molecular flexibility index (Phi) is 8.12. The summed E-state index contributed by atoms with van der Waals surface area (Å²) in [5, 5.41) is 7.86. The molecular formula is C25H25N7O5S. The van der Waals surface area contributed by atoms with Crippen molar-refractivity contribution in [1.29, 1.82) is 0 Å². The van der Waals surface area contributed by atoms with Crippen LogP contribution in [-0.4, -0.2) is 84.3 Å². The molecule has 4 rings (SSSR count). The molecule has 1 aliphatic heterocycles. The number of sulfonamides is 1. The third kappa shape index (κ3) is 7.01. The van der Waals surface area contributed by atoms with Gasteiger partial charge >= 0.3 is 0 Å². The van der Waals surface area contributed by atoms with Crippen LogP contribution >= 0.6 is 0 Å². The van der Waals surface area contributed by atoms with Gasteiger partial charge in [0.1, 0.15) is 5.75 Å². The van der Waals surface area contributed by atoms with Crippen LogP contribution in [0.5, 0.6) is 5.75 Å². The van der Waals surface area contributed by atoms with E-state index in [0.29, 0.717) is 61.0 Å². The van der Waals surface area contributed by atoms with Gasteiger partial charge < -0.3 is 14.5 Å². The van der Waals surface area contributed by atoms with Crippen molar-refractivity contribution in [2.75, 3.05) is 43.9 Å². The highest BCUT2D eigenvalue weighted by molar-refractivity contribution is 7.89. The van der Waals surface area contributed by atoms with Gasteiger partial charge in [-0.05, 0) is 31.2 Å². The molecule has 1 fully saturated rings. The Morgan fingerprint density at radius 2 is 1.66 bits per heavy atom. The summed E-state index contributed by atoms with van der Waals surface area (Å²) in [5.74, 6) is 6.20. The van der Waals surface area contributed by atoms with Crippen molar-refractivity contribution >= 4 is 27.7 Å². The summed E-state index contributed by atoms with van der Waals surface area (Å²) >= 11 is 0. The second-order valence-electron chi connectivity index (χ2n) is 8.31. The average molecular weight is 536 g/mol. The molecule has 3 aromatic rings. The number of amides is 2. The smallest absolute Gasteiger partial charge is 0.285 e. The molecule has 38 heavy (non-hydrogen) atoms. The Balaban J connectivity index is 1.36. The monoisotopic (exact) mass is 535 g/mol. The van der Waals surface area contributed by atoms with E-state index in [4.69, 9.17) is 4.74 Å². The van der Waals surface area contributed by atoms with Crippen LogP contribution in [0.1, 0.15) is 38.9 Å². The van der Waals surface area contributed by atoms with Crippen LogP contribution in [0.2, 0.25) is 0 Å². The van der Waals surface area contributed by atoms with Crippen LogP contribution < -0.4 is 14.4 Å². The first-order chi connectivity index (χ1) is 18.2. The summed E-state index contributed by atoms with van der Waals surface area (Å²) in [6, 6.07) is 6.50. The van der Waals surface area contributed by atoms with E-state index in [1.54, 1.807) is 41.7 Å². The molecule has 196 valence electrons. The molecule has 13 heteroatoms. The molecule has 0 bridgehead atoms. The van der Waals surface area contributed by atoms with Crippen LogP contribution in [0, 0.1) is 11.8 Å². The number of piperazine rings is 1. The van der Waals surface area contributed by atoms with Gasteiger partial charge in [0.05, 0.1) is 24.6 Å². The first-order valence-electron chi connectivity index (χ1n) is 11.7. The van der Waals surface area contributed by atoms with Gasteiger partial charge in [-0.2, -0.15) is 0 Å². The SMILES string of the molecule is CCOc1cncc(C#Cc2cncc(C(=O)N3CCN(c4ccc(C(=O)NS(C)(=O)=O)nn4)CC3)c2)c1. The van der Waals surface area contributed by atoms with E-state index in [1.165, 1.54) is 12.3 Å². The molecule has 1 aliphatic rings. The van der Waals surface area contributed by atoms with Gasteiger partial charge in [-0.15, -0.1) is 10.2 Å². The molecule has 4 heterocycles. The van der Waals surface area contributed by atoms with E-state index >= 15 is 0 Å². The number of carbonyl (C=O) groups is 2. The highest BCUT2D eigenvalue weighted by atomic mass is 32.2. The first-order valence-corrected chi connectivity index (χ1v) is 13.6. The van der Waals surface area contributed by atoms with E-state index in [1.807, 2.05) is 16.5 Å². The molecule has 0 atom stereocenters. The molecule has 0 unspecified atom stereocenters. The largest absolute Gasteiger partial charge is 0.492 e. The van der Waals surface area contributed by atoms with Crippen molar-refractivity contribution in [3.8, 4) is 17.6 Å². The fourth-order valence-corrected chi connectivity index (χ4v) is 4.10. The number of ether oxygens (including phenoxy) is 1. The third-order valence-electron chi connectivity index (χ3n) is 5.41. The van der Waals surface area contributed by atoms with Gasteiger partial charge in [0.15, 0.2) is 11.5 Å². The van der Waals surface area contributed by atoms with Crippen LogP contribution in [0.25, 0.3) is 0 Å². The molecule has 0 radical (unpaired) electrons. The van der Waals surface area contributed by atoms with Crippen LogP contribution in [0.3, 0.4) is 0 Å². The second-order valence-corrected chi connectivity index (χ2v) is 10.1. The minimum atomic E-state index is -3.70. The lowest BCUT2D eigenvalue weighted by atomic mass is 10.1. The molecule has 1 N–H and O–H groups in total. The van der Waals surface area contributed by atoms with Gasteiger partial charge in [-0.25, -0.2) is 13.1 Å². The third-order valence-corrected chi connectivity index (χ3v) is 5.97. The van der Waals surface area contributed by atoms with E-state index in [0.717, 1.165) is 6.26 Å². The summed E-state index contributed by atoms with van der Waals surface area (Å²) in [4.78, 5) is 36.9. The summed E-state index contributed by atoms with van der Waals surface area (Å²) in [6.45, 7) is 4.33. The number of hydrogen-bond donors (Lipinski definition) is 1. The molecule has 1 saturated heterocycles. The van der Waals surface area contributed by atoms with E-state index in [2.05, 4.69) is 32.0 Å². The minimum Gasteiger partial charge on any atom is -0.492 e. The Hall–Kier alpha value is -4.57. The van der Waals surface area contributed by atoms with Gasteiger partial charge in [0.25, 0.3) is 11.8 Å². The number of aromatic nitrogens is 4. The predicted octanol–water partition coefficient (Wildman–Crippen LogP) is 0.717. The van der Waals surface area contributed by atoms with Crippen LogP contribution in [-0.2, 0) is 10.0 Å². The highest BCUT2D eigenvalue weighted by Crippen LogP contribution is 2.15. The maximum absolute atomic E-state index is 13.1. The number of anilines is 1. The summed E-state index contributed by atoms with van der Waals surface area (Å²) in [5.41, 5.74) is 1.62. The van der Waals surface area contributed by atoms with Gasteiger partial charge in [-0.3, -0.25) is 19.6 Å². The fraction of sp³-hybridized carbons (Fsp3) is 0.280. The zero-order chi connectivity index (χ0) is 27.1. The lowest BCUT2D eigenvalue weighted by molar-refractivity contribution is 0.0745. The molecule has 0 saturated carbocycles. The van der Waals surface area contributed by atoms with E-state index in [9.17, 15) is 18.0 Å². The maximum atomic E-state index is 13.1. The molecule has 12 nitrogen and oxygen atoms in total.